The molecule has 2 N–H and O–H groups in total. The summed E-state index contributed by atoms with van der Waals surface area (Å²) in [6.45, 7) is 1.64. The van der Waals surface area contributed by atoms with Gasteiger partial charge in [0, 0.05) is 25.5 Å². The van der Waals surface area contributed by atoms with E-state index in [1.165, 1.54) is 10.5 Å². The number of nitrogens with two attached hydrogens (primary N) is 1. The smallest absolute Gasteiger partial charge is 0.244 e. The number of halogens is 1. The van der Waals surface area contributed by atoms with Crippen LogP contribution in [0.1, 0.15) is 12.8 Å². The van der Waals surface area contributed by atoms with Crippen molar-refractivity contribution in [3.8, 4) is 0 Å². The van der Waals surface area contributed by atoms with E-state index in [0.717, 1.165) is 12.8 Å². The van der Waals surface area contributed by atoms with Gasteiger partial charge in [0.15, 0.2) is 0 Å². The number of rotatable bonds is 3. The van der Waals surface area contributed by atoms with Gasteiger partial charge < -0.3 is 5.73 Å². The lowest BCUT2D eigenvalue weighted by Crippen LogP contribution is -2.41. The van der Waals surface area contributed by atoms with Gasteiger partial charge in [0.05, 0.1) is 0 Å². The Kier molecular flexibility index (Phi) is 5.52. The van der Waals surface area contributed by atoms with Crippen molar-refractivity contribution >= 4 is 22.4 Å². The van der Waals surface area contributed by atoms with Gasteiger partial charge in [-0.05, 0) is 37.4 Å². The molecule has 1 aliphatic heterocycles. The van der Waals surface area contributed by atoms with Crippen LogP contribution in [0, 0.1) is 5.92 Å². The Balaban J connectivity index is 0.00000162. The highest BCUT2D eigenvalue weighted by Gasteiger charge is 2.29. The zero-order valence-corrected chi connectivity index (χ0v) is 11.7. The van der Waals surface area contributed by atoms with Crippen molar-refractivity contribution < 1.29 is 8.42 Å². The van der Waals surface area contributed by atoms with E-state index in [1.54, 1.807) is 18.3 Å². The summed E-state index contributed by atoms with van der Waals surface area (Å²) >= 11 is 0. The largest absolute Gasteiger partial charge is 0.330 e. The number of pyridine rings is 1. The predicted molar refractivity (Wildman–Crippen MR) is 72.0 cm³/mol. The van der Waals surface area contributed by atoms with Crippen LogP contribution in [0.3, 0.4) is 0 Å². The van der Waals surface area contributed by atoms with Gasteiger partial charge in [0.2, 0.25) is 10.0 Å². The molecule has 0 radical (unpaired) electrons. The Bertz CT molecular complexity index is 466. The molecule has 5 nitrogen and oxygen atoms in total. The van der Waals surface area contributed by atoms with Crippen molar-refractivity contribution in [2.24, 2.45) is 11.7 Å². The molecule has 1 aromatic heterocycles. The molecule has 1 atom stereocenters. The maximum atomic E-state index is 12.3. The molecule has 102 valence electrons. The minimum Gasteiger partial charge on any atom is -0.330 e. The average Bonchev–Trinajstić information content (AvgIpc) is 2.40. The fraction of sp³-hybridized carbons (Fsp3) is 0.545. The molecule has 1 saturated heterocycles. The zero-order valence-electron chi connectivity index (χ0n) is 10.0. The molecular formula is C11H18ClN3O2S. The first-order valence-corrected chi connectivity index (χ1v) is 7.19. The monoisotopic (exact) mass is 291 g/mol. The second-order valence-corrected chi connectivity index (χ2v) is 6.23. The van der Waals surface area contributed by atoms with Crippen LogP contribution >= 0.6 is 12.4 Å². The zero-order chi connectivity index (χ0) is 12.3. The first-order chi connectivity index (χ1) is 8.14. The molecule has 0 amide bonds. The minimum absolute atomic E-state index is 0. The summed E-state index contributed by atoms with van der Waals surface area (Å²) in [7, 11) is -3.39. The predicted octanol–water partition coefficient (Wildman–Crippen LogP) is 0.863. The summed E-state index contributed by atoms with van der Waals surface area (Å²) in [6.07, 6.45) is 4.84. The molecule has 2 heterocycles. The van der Waals surface area contributed by atoms with Crippen LogP contribution in [-0.2, 0) is 10.0 Å². The number of aromatic nitrogens is 1. The van der Waals surface area contributed by atoms with Crippen LogP contribution in [0.4, 0.5) is 0 Å². The molecule has 0 saturated carbocycles. The summed E-state index contributed by atoms with van der Waals surface area (Å²) in [4.78, 5) is 4.12. The van der Waals surface area contributed by atoms with Gasteiger partial charge in [-0.15, -0.1) is 12.4 Å². The Morgan fingerprint density at radius 3 is 2.89 bits per heavy atom. The van der Waals surface area contributed by atoms with Gasteiger partial charge in [0.1, 0.15) is 4.90 Å². The van der Waals surface area contributed by atoms with E-state index in [-0.39, 0.29) is 23.2 Å². The fourth-order valence-corrected chi connectivity index (χ4v) is 3.61. The van der Waals surface area contributed by atoms with Gasteiger partial charge in [-0.3, -0.25) is 4.98 Å². The van der Waals surface area contributed by atoms with E-state index in [2.05, 4.69) is 4.98 Å². The van der Waals surface area contributed by atoms with Crippen molar-refractivity contribution in [2.45, 2.75) is 17.7 Å². The van der Waals surface area contributed by atoms with Crippen LogP contribution in [0.25, 0.3) is 0 Å². The van der Waals surface area contributed by atoms with Gasteiger partial charge in [-0.1, -0.05) is 0 Å². The molecule has 18 heavy (non-hydrogen) atoms. The molecule has 1 aliphatic rings. The Morgan fingerprint density at radius 2 is 2.28 bits per heavy atom. The summed E-state index contributed by atoms with van der Waals surface area (Å²) in [5, 5.41) is 0. The Hall–Kier alpha value is -0.690. The van der Waals surface area contributed by atoms with Crippen molar-refractivity contribution in [2.75, 3.05) is 19.6 Å². The molecule has 0 bridgehead atoms. The molecule has 0 spiro atoms. The third kappa shape index (κ3) is 3.20. The number of hydrogen-bond donors (Lipinski definition) is 1. The normalized spacial score (nSPS) is 21.3. The minimum atomic E-state index is -3.39. The molecule has 0 aliphatic carbocycles. The van der Waals surface area contributed by atoms with E-state index in [4.69, 9.17) is 5.73 Å². The molecular weight excluding hydrogens is 274 g/mol. The first kappa shape index (κ1) is 15.4. The van der Waals surface area contributed by atoms with E-state index in [1.807, 2.05) is 0 Å². The van der Waals surface area contributed by atoms with Gasteiger partial charge >= 0.3 is 0 Å². The SMILES string of the molecule is Cl.NCC1CCCN(S(=O)(=O)c2cccnc2)C1. The highest BCUT2D eigenvalue weighted by Crippen LogP contribution is 2.22. The van der Waals surface area contributed by atoms with Crippen LogP contribution in [0.2, 0.25) is 0 Å². The fourth-order valence-electron chi connectivity index (χ4n) is 2.09. The van der Waals surface area contributed by atoms with E-state index >= 15 is 0 Å². The first-order valence-electron chi connectivity index (χ1n) is 5.75. The lowest BCUT2D eigenvalue weighted by molar-refractivity contribution is 0.271. The topological polar surface area (TPSA) is 76.3 Å². The molecule has 1 unspecified atom stereocenters. The van der Waals surface area contributed by atoms with E-state index in [9.17, 15) is 8.42 Å². The number of hydrogen-bond acceptors (Lipinski definition) is 4. The van der Waals surface area contributed by atoms with E-state index in [0.29, 0.717) is 19.6 Å². The molecule has 1 fully saturated rings. The van der Waals surface area contributed by atoms with Gasteiger partial charge in [-0.2, -0.15) is 4.31 Å². The van der Waals surface area contributed by atoms with Crippen LogP contribution in [0.5, 0.6) is 0 Å². The second-order valence-electron chi connectivity index (χ2n) is 4.30. The Labute approximate surface area is 114 Å². The average molecular weight is 292 g/mol. The molecule has 1 aromatic rings. The Morgan fingerprint density at radius 1 is 1.50 bits per heavy atom. The number of sulfonamides is 1. The van der Waals surface area contributed by atoms with Crippen molar-refractivity contribution in [3.05, 3.63) is 24.5 Å². The molecule has 0 aromatic carbocycles. The highest BCUT2D eigenvalue weighted by molar-refractivity contribution is 7.89. The molecule has 2 rings (SSSR count). The second kappa shape index (κ2) is 6.47. The van der Waals surface area contributed by atoms with Crippen LogP contribution in [-0.4, -0.2) is 37.3 Å². The van der Waals surface area contributed by atoms with Crippen LogP contribution in [0.15, 0.2) is 29.4 Å². The maximum Gasteiger partial charge on any atom is 0.244 e. The lowest BCUT2D eigenvalue weighted by Gasteiger charge is -2.31. The highest BCUT2D eigenvalue weighted by atomic mass is 35.5. The van der Waals surface area contributed by atoms with Crippen molar-refractivity contribution in [3.63, 3.8) is 0 Å². The van der Waals surface area contributed by atoms with Gasteiger partial charge in [-0.25, -0.2) is 8.42 Å². The van der Waals surface area contributed by atoms with Crippen LogP contribution < -0.4 is 5.73 Å². The maximum absolute atomic E-state index is 12.3. The van der Waals surface area contributed by atoms with Crippen molar-refractivity contribution in [1.29, 1.82) is 0 Å². The van der Waals surface area contributed by atoms with Crippen molar-refractivity contribution in [1.82, 2.24) is 9.29 Å². The number of nitrogens with zero attached hydrogens (tertiary/aromatic N) is 2. The van der Waals surface area contributed by atoms with Gasteiger partial charge in [0.25, 0.3) is 0 Å². The standard InChI is InChI=1S/C11H17N3O2S.ClH/c12-7-10-3-2-6-14(9-10)17(15,16)11-4-1-5-13-8-11;/h1,4-5,8,10H,2-3,6-7,9,12H2;1H. The molecule has 7 heteroatoms. The lowest BCUT2D eigenvalue weighted by atomic mass is 10.0. The third-order valence-electron chi connectivity index (χ3n) is 3.09. The third-order valence-corrected chi connectivity index (χ3v) is 4.94. The van der Waals surface area contributed by atoms with E-state index < -0.39 is 10.0 Å². The quantitative estimate of drug-likeness (QED) is 0.896. The summed E-state index contributed by atoms with van der Waals surface area (Å²) in [5.41, 5.74) is 5.61. The number of piperidine rings is 1. The summed E-state index contributed by atoms with van der Waals surface area (Å²) < 4.78 is 26.1. The summed E-state index contributed by atoms with van der Waals surface area (Å²) in [5.74, 6) is 0.273. The summed E-state index contributed by atoms with van der Waals surface area (Å²) in [6, 6.07) is 3.21.